The summed E-state index contributed by atoms with van der Waals surface area (Å²) in [5.74, 6) is 0.246. The molecule has 4 heterocycles. The predicted octanol–water partition coefficient (Wildman–Crippen LogP) is 0.722. The molecule has 1 aliphatic heterocycles. The SMILES string of the molecule is Cc1cc(C(=O)N2CCc3c(nc(-c4cnccn4)[nH]c3=O)C2)on1. The molecule has 9 heteroatoms. The number of H-pyrrole nitrogens is 1. The van der Waals surface area contributed by atoms with Crippen LogP contribution < -0.4 is 5.56 Å². The van der Waals surface area contributed by atoms with E-state index in [-0.39, 0.29) is 23.8 Å². The Labute approximate surface area is 141 Å². The van der Waals surface area contributed by atoms with Crippen LogP contribution in [0.2, 0.25) is 0 Å². The molecule has 0 spiro atoms. The summed E-state index contributed by atoms with van der Waals surface area (Å²) in [6, 6.07) is 1.59. The summed E-state index contributed by atoms with van der Waals surface area (Å²) in [6.45, 7) is 2.39. The third-order valence-corrected chi connectivity index (χ3v) is 4.01. The molecule has 0 saturated carbocycles. The van der Waals surface area contributed by atoms with Crippen molar-refractivity contribution < 1.29 is 9.32 Å². The summed E-state index contributed by atoms with van der Waals surface area (Å²) in [6.07, 6.45) is 5.02. The Morgan fingerprint density at radius 2 is 2.24 bits per heavy atom. The Hall–Kier alpha value is -3.36. The van der Waals surface area contributed by atoms with Crippen molar-refractivity contribution in [3.63, 3.8) is 0 Å². The van der Waals surface area contributed by atoms with E-state index in [9.17, 15) is 9.59 Å². The fourth-order valence-corrected chi connectivity index (χ4v) is 2.78. The van der Waals surface area contributed by atoms with Crippen LogP contribution >= 0.6 is 0 Å². The molecule has 3 aromatic rings. The molecule has 0 radical (unpaired) electrons. The van der Waals surface area contributed by atoms with E-state index in [2.05, 4.69) is 25.1 Å². The smallest absolute Gasteiger partial charge is 0.292 e. The second kappa shape index (κ2) is 5.93. The van der Waals surface area contributed by atoms with Gasteiger partial charge in [0.05, 0.1) is 24.1 Å². The summed E-state index contributed by atoms with van der Waals surface area (Å²) in [4.78, 5) is 41.8. The Morgan fingerprint density at radius 1 is 1.36 bits per heavy atom. The molecule has 1 amide bonds. The molecule has 0 bridgehead atoms. The summed E-state index contributed by atoms with van der Waals surface area (Å²) in [7, 11) is 0. The Balaban J connectivity index is 1.67. The Kier molecular flexibility index (Phi) is 3.60. The van der Waals surface area contributed by atoms with E-state index in [1.807, 2.05) is 0 Å². The first kappa shape index (κ1) is 15.2. The molecular formula is C16H14N6O3. The van der Waals surface area contributed by atoms with Crippen molar-refractivity contribution in [1.82, 2.24) is 30.0 Å². The lowest BCUT2D eigenvalue weighted by molar-refractivity contribution is 0.0689. The number of fused-ring (bicyclic) bond motifs is 1. The Morgan fingerprint density at radius 3 is 2.96 bits per heavy atom. The van der Waals surface area contributed by atoms with E-state index in [0.29, 0.717) is 41.4 Å². The maximum absolute atomic E-state index is 12.5. The highest BCUT2D eigenvalue weighted by Gasteiger charge is 2.27. The lowest BCUT2D eigenvalue weighted by Crippen LogP contribution is -2.39. The van der Waals surface area contributed by atoms with Crippen LogP contribution in [0.15, 0.2) is 34.0 Å². The minimum absolute atomic E-state index is 0.181. The number of hydrogen-bond acceptors (Lipinski definition) is 7. The van der Waals surface area contributed by atoms with Crippen LogP contribution in [-0.4, -0.2) is 42.4 Å². The summed E-state index contributed by atoms with van der Waals surface area (Å²) in [5, 5.41) is 3.74. The van der Waals surface area contributed by atoms with Crippen LogP contribution in [0.4, 0.5) is 0 Å². The second-order valence-corrected chi connectivity index (χ2v) is 5.74. The lowest BCUT2D eigenvalue weighted by Gasteiger charge is -2.26. The van der Waals surface area contributed by atoms with Crippen molar-refractivity contribution in [2.45, 2.75) is 19.9 Å². The highest BCUT2D eigenvalue weighted by Crippen LogP contribution is 2.19. The van der Waals surface area contributed by atoms with E-state index in [0.717, 1.165) is 0 Å². The molecular weight excluding hydrogens is 324 g/mol. The van der Waals surface area contributed by atoms with Gasteiger partial charge >= 0.3 is 0 Å². The van der Waals surface area contributed by atoms with Crippen LogP contribution in [0, 0.1) is 6.92 Å². The molecule has 126 valence electrons. The maximum atomic E-state index is 12.5. The largest absolute Gasteiger partial charge is 0.351 e. The first-order chi connectivity index (χ1) is 12.1. The van der Waals surface area contributed by atoms with Gasteiger partial charge < -0.3 is 14.4 Å². The summed E-state index contributed by atoms with van der Waals surface area (Å²) < 4.78 is 5.04. The predicted molar refractivity (Wildman–Crippen MR) is 85.6 cm³/mol. The van der Waals surface area contributed by atoms with Crippen molar-refractivity contribution in [2.24, 2.45) is 0 Å². The number of aryl methyl sites for hydroxylation is 1. The fraction of sp³-hybridized carbons (Fsp3) is 0.250. The Bertz CT molecular complexity index is 995. The van der Waals surface area contributed by atoms with Gasteiger partial charge in [-0.25, -0.2) is 9.97 Å². The molecule has 0 unspecified atom stereocenters. The summed E-state index contributed by atoms with van der Waals surface area (Å²) >= 11 is 0. The van der Waals surface area contributed by atoms with Crippen LogP contribution in [-0.2, 0) is 13.0 Å². The van der Waals surface area contributed by atoms with Gasteiger partial charge in [0.1, 0.15) is 5.69 Å². The lowest BCUT2D eigenvalue weighted by atomic mass is 10.1. The third kappa shape index (κ3) is 2.80. The van der Waals surface area contributed by atoms with Crippen molar-refractivity contribution in [1.29, 1.82) is 0 Å². The molecule has 4 rings (SSSR count). The van der Waals surface area contributed by atoms with E-state index in [4.69, 9.17) is 4.52 Å². The maximum Gasteiger partial charge on any atom is 0.292 e. The van der Waals surface area contributed by atoms with Crippen molar-refractivity contribution >= 4 is 5.91 Å². The first-order valence-electron chi connectivity index (χ1n) is 7.73. The first-order valence-corrected chi connectivity index (χ1v) is 7.73. The van der Waals surface area contributed by atoms with Gasteiger partial charge in [0, 0.05) is 30.6 Å². The van der Waals surface area contributed by atoms with Crippen molar-refractivity contribution in [3.8, 4) is 11.5 Å². The van der Waals surface area contributed by atoms with Crippen molar-refractivity contribution in [3.05, 3.63) is 57.7 Å². The average Bonchev–Trinajstić information content (AvgIpc) is 3.07. The molecule has 0 saturated heterocycles. The number of carbonyl (C=O) groups excluding carboxylic acids is 1. The molecule has 0 aliphatic carbocycles. The minimum atomic E-state index is -0.269. The molecule has 0 aromatic carbocycles. The molecule has 1 aliphatic rings. The zero-order valence-electron chi connectivity index (χ0n) is 13.4. The fourth-order valence-electron chi connectivity index (χ4n) is 2.78. The van der Waals surface area contributed by atoms with Gasteiger partial charge in [0.2, 0.25) is 5.76 Å². The number of rotatable bonds is 2. The van der Waals surface area contributed by atoms with Gasteiger partial charge in [0.15, 0.2) is 5.82 Å². The molecule has 3 aromatic heterocycles. The third-order valence-electron chi connectivity index (χ3n) is 4.01. The van der Waals surface area contributed by atoms with Gasteiger partial charge in [-0.15, -0.1) is 0 Å². The zero-order valence-corrected chi connectivity index (χ0v) is 13.4. The average molecular weight is 338 g/mol. The van der Waals surface area contributed by atoms with Gasteiger partial charge in [-0.05, 0) is 13.3 Å². The van der Waals surface area contributed by atoms with Crippen LogP contribution in [0.3, 0.4) is 0 Å². The molecule has 25 heavy (non-hydrogen) atoms. The molecule has 1 N–H and O–H groups in total. The number of aromatic amines is 1. The van der Waals surface area contributed by atoms with Gasteiger partial charge in [-0.2, -0.15) is 0 Å². The monoisotopic (exact) mass is 338 g/mol. The van der Waals surface area contributed by atoms with Crippen molar-refractivity contribution in [2.75, 3.05) is 6.54 Å². The summed E-state index contributed by atoms with van der Waals surface area (Å²) in [5.41, 5.74) is 2.04. The van der Waals surface area contributed by atoms with Gasteiger partial charge in [0.25, 0.3) is 11.5 Å². The highest BCUT2D eigenvalue weighted by atomic mass is 16.5. The van der Waals surface area contributed by atoms with E-state index >= 15 is 0 Å². The van der Waals surface area contributed by atoms with E-state index in [1.165, 1.54) is 12.4 Å². The quantitative estimate of drug-likeness (QED) is 0.731. The highest BCUT2D eigenvalue weighted by molar-refractivity contribution is 5.91. The number of nitrogens with one attached hydrogen (secondary N) is 1. The van der Waals surface area contributed by atoms with Crippen LogP contribution in [0.1, 0.15) is 27.5 Å². The molecule has 0 atom stereocenters. The second-order valence-electron chi connectivity index (χ2n) is 5.74. The van der Waals surface area contributed by atoms with E-state index < -0.39 is 0 Å². The van der Waals surface area contributed by atoms with E-state index in [1.54, 1.807) is 24.1 Å². The molecule has 0 fully saturated rings. The van der Waals surface area contributed by atoms with Gasteiger partial charge in [-0.1, -0.05) is 5.16 Å². The number of hydrogen-bond donors (Lipinski definition) is 1. The standard InChI is InChI=1S/C16H14N6O3/c1-9-6-13(25-21-9)16(24)22-5-2-10-12(8-22)19-14(20-15(10)23)11-7-17-3-4-18-11/h3-4,6-7H,2,5,8H2,1H3,(H,19,20,23). The van der Waals surface area contributed by atoms with Crippen LogP contribution in [0.5, 0.6) is 0 Å². The number of carbonyl (C=O) groups is 1. The molecule has 9 nitrogen and oxygen atoms in total. The van der Waals surface area contributed by atoms with Crippen LogP contribution in [0.25, 0.3) is 11.5 Å². The number of aromatic nitrogens is 5. The normalized spacial score (nSPS) is 13.6. The number of amides is 1. The zero-order chi connectivity index (χ0) is 17.4. The van der Waals surface area contributed by atoms with Gasteiger partial charge in [-0.3, -0.25) is 14.6 Å². The minimum Gasteiger partial charge on any atom is -0.351 e. The number of nitrogens with zero attached hydrogens (tertiary/aromatic N) is 5. The topological polar surface area (TPSA) is 118 Å².